The number of anilines is 1. The molecule has 0 spiro atoms. The molecule has 1 amide bonds. The van der Waals surface area contributed by atoms with E-state index in [0.29, 0.717) is 13.4 Å². The highest BCUT2D eigenvalue weighted by molar-refractivity contribution is 6.47. The standard InChI is InChI=1S/C21H31BN4O3/c1-20(2,28)21(3,4)29-22-16-13-18-17(7-8-23-26(18)14-16)24-9-11-25(12-10-24)19(27)15-5-6-15/h7-8,13-15,22,28H,5-6,9-12H2,1-4H3. The summed E-state index contributed by atoms with van der Waals surface area (Å²) >= 11 is 0. The second-order valence-electron chi connectivity index (χ2n) is 9.34. The average molecular weight is 398 g/mol. The normalized spacial score (nSPS) is 18.4. The summed E-state index contributed by atoms with van der Waals surface area (Å²) < 4.78 is 7.90. The van der Waals surface area contributed by atoms with Gasteiger partial charge in [0, 0.05) is 44.5 Å². The molecule has 0 radical (unpaired) electrons. The summed E-state index contributed by atoms with van der Waals surface area (Å²) in [4.78, 5) is 16.7. The third-order valence-electron chi connectivity index (χ3n) is 6.47. The fourth-order valence-electron chi connectivity index (χ4n) is 3.60. The third-order valence-corrected chi connectivity index (χ3v) is 6.47. The van der Waals surface area contributed by atoms with Crippen LogP contribution in [-0.2, 0) is 9.45 Å². The van der Waals surface area contributed by atoms with E-state index in [1.807, 2.05) is 41.7 Å². The van der Waals surface area contributed by atoms with E-state index in [2.05, 4.69) is 16.1 Å². The lowest BCUT2D eigenvalue weighted by Crippen LogP contribution is -2.49. The topological polar surface area (TPSA) is 70.3 Å². The van der Waals surface area contributed by atoms with Crippen LogP contribution in [0.1, 0.15) is 40.5 Å². The molecule has 4 rings (SSSR count). The van der Waals surface area contributed by atoms with Crippen LogP contribution in [0.4, 0.5) is 5.69 Å². The number of aliphatic hydroxyl groups is 1. The zero-order valence-corrected chi connectivity index (χ0v) is 17.9. The lowest BCUT2D eigenvalue weighted by Gasteiger charge is -2.37. The first kappa shape index (κ1) is 20.2. The van der Waals surface area contributed by atoms with Crippen LogP contribution < -0.4 is 10.4 Å². The maximum atomic E-state index is 12.3. The van der Waals surface area contributed by atoms with Gasteiger partial charge in [0.25, 0.3) is 0 Å². The molecule has 7 nitrogen and oxygen atoms in total. The summed E-state index contributed by atoms with van der Waals surface area (Å²) in [6.45, 7) is 10.5. The Labute approximate surface area is 172 Å². The van der Waals surface area contributed by atoms with Crippen LogP contribution in [0.2, 0.25) is 0 Å². The first-order chi connectivity index (χ1) is 13.7. The summed E-state index contributed by atoms with van der Waals surface area (Å²) in [6.07, 6.45) is 5.91. The molecular formula is C21H31BN4O3. The van der Waals surface area contributed by atoms with Gasteiger partial charge in [-0.2, -0.15) is 5.10 Å². The molecule has 2 fully saturated rings. The van der Waals surface area contributed by atoms with Gasteiger partial charge >= 0.3 is 7.48 Å². The summed E-state index contributed by atoms with van der Waals surface area (Å²) in [5.41, 5.74) is 1.58. The molecule has 3 heterocycles. The molecule has 1 aliphatic heterocycles. The number of hydrogen-bond donors (Lipinski definition) is 1. The predicted octanol–water partition coefficient (Wildman–Crippen LogP) is 0.936. The van der Waals surface area contributed by atoms with Crippen LogP contribution in [0, 0.1) is 5.92 Å². The summed E-state index contributed by atoms with van der Waals surface area (Å²) in [6, 6.07) is 4.14. The van der Waals surface area contributed by atoms with Crippen molar-refractivity contribution in [3.05, 3.63) is 24.5 Å². The highest BCUT2D eigenvalue weighted by Gasteiger charge is 2.36. The molecule has 1 saturated carbocycles. The van der Waals surface area contributed by atoms with Crippen molar-refractivity contribution >= 4 is 30.1 Å². The molecule has 2 aromatic heterocycles. The van der Waals surface area contributed by atoms with Gasteiger partial charge in [0.05, 0.1) is 22.4 Å². The fourth-order valence-corrected chi connectivity index (χ4v) is 3.60. The van der Waals surface area contributed by atoms with E-state index >= 15 is 0 Å². The molecule has 0 unspecified atom stereocenters. The Hall–Kier alpha value is -2.06. The van der Waals surface area contributed by atoms with Crippen LogP contribution >= 0.6 is 0 Å². The molecule has 1 saturated heterocycles. The molecular weight excluding hydrogens is 367 g/mol. The lowest BCUT2D eigenvalue weighted by atomic mass is 9.84. The van der Waals surface area contributed by atoms with Crippen LogP contribution in [-0.4, -0.2) is 70.4 Å². The molecule has 1 aliphatic carbocycles. The molecule has 2 aliphatic rings. The minimum Gasteiger partial charge on any atom is -0.427 e. The molecule has 0 aromatic carbocycles. The molecule has 156 valence electrons. The summed E-state index contributed by atoms with van der Waals surface area (Å²) in [5, 5.41) is 14.7. The number of rotatable bonds is 6. The Morgan fingerprint density at radius 2 is 1.90 bits per heavy atom. The van der Waals surface area contributed by atoms with Gasteiger partial charge in [0.2, 0.25) is 5.91 Å². The molecule has 0 bridgehead atoms. The molecule has 8 heteroatoms. The average Bonchev–Trinajstić information content (AvgIpc) is 3.44. The van der Waals surface area contributed by atoms with Crippen molar-refractivity contribution in [1.82, 2.24) is 14.5 Å². The minimum absolute atomic E-state index is 0.288. The Morgan fingerprint density at radius 1 is 1.21 bits per heavy atom. The van der Waals surface area contributed by atoms with E-state index in [0.717, 1.165) is 55.7 Å². The summed E-state index contributed by atoms with van der Waals surface area (Å²) in [5.74, 6) is 0.622. The van der Waals surface area contributed by atoms with Crippen LogP contribution in [0.3, 0.4) is 0 Å². The van der Waals surface area contributed by atoms with E-state index in [1.54, 1.807) is 13.8 Å². The van der Waals surface area contributed by atoms with Crippen molar-refractivity contribution < 1.29 is 14.6 Å². The van der Waals surface area contributed by atoms with Gasteiger partial charge in [-0.3, -0.25) is 4.79 Å². The third kappa shape index (κ3) is 4.14. The van der Waals surface area contributed by atoms with E-state index in [4.69, 9.17) is 4.65 Å². The molecule has 1 N–H and O–H groups in total. The quantitative estimate of drug-likeness (QED) is 0.734. The van der Waals surface area contributed by atoms with Crippen molar-refractivity contribution in [1.29, 1.82) is 0 Å². The van der Waals surface area contributed by atoms with E-state index in [-0.39, 0.29) is 5.92 Å². The number of aromatic nitrogens is 2. The smallest absolute Gasteiger partial charge is 0.311 e. The molecule has 0 atom stereocenters. The van der Waals surface area contributed by atoms with Crippen molar-refractivity contribution in [3.63, 3.8) is 0 Å². The van der Waals surface area contributed by atoms with Crippen LogP contribution in [0.25, 0.3) is 5.52 Å². The predicted molar refractivity (Wildman–Crippen MR) is 115 cm³/mol. The number of nitrogens with zero attached hydrogens (tertiary/aromatic N) is 4. The highest BCUT2D eigenvalue weighted by Crippen LogP contribution is 2.32. The highest BCUT2D eigenvalue weighted by atomic mass is 16.5. The van der Waals surface area contributed by atoms with E-state index < -0.39 is 11.2 Å². The monoisotopic (exact) mass is 398 g/mol. The molecule has 29 heavy (non-hydrogen) atoms. The van der Waals surface area contributed by atoms with Gasteiger partial charge in [0.1, 0.15) is 0 Å². The Bertz CT molecular complexity index is 893. The summed E-state index contributed by atoms with van der Waals surface area (Å²) in [7, 11) is 0.406. The Morgan fingerprint density at radius 3 is 2.52 bits per heavy atom. The number of carbonyl (C=O) groups excluding carboxylic acids is 1. The lowest BCUT2D eigenvalue weighted by molar-refractivity contribution is -0.132. The zero-order valence-electron chi connectivity index (χ0n) is 17.9. The van der Waals surface area contributed by atoms with Crippen molar-refractivity contribution in [2.24, 2.45) is 5.92 Å². The Balaban J connectivity index is 1.46. The number of amides is 1. The Kier molecular flexibility index (Phi) is 5.11. The molecule has 2 aromatic rings. The number of carbonyl (C=O) groups is 1. The van der Waals surface area contributed by atoms with Gasteiger partial charge in [-0.25, -0.2) is 4.52 Å². The van der Waals surface area contributed by atoms with Crippen molar-refractivity contribution in [2.75, 3.05) is 31.1 Å². The second kappa shape index (κ2) is 7.33. The zero-order chi connectivity index (χ0) is 20.8. The number of fused-ring (bicyclic) bond motifs is 1. The van der Waals surface area contributed by atoms with E-state index in [9.17, 15) is 9.90 Å². The van der Waals surface area contributed by atoms with Gasteiger partial charge < -0.3 is 19.6 Å². The SMILES string of the molecule is CC(C)(O)C(C)(C)OBc1cc2c(N3CCN(C(=O)C4CC4)CC3)ccnn2c1. The maximum Gasteiger partial charge on any atom is 0.311 e. The van der Waals surface area contributed by atoms with Gasteiger partial charge in [-0.15, -0.1) is 0 Å². The van der Waals surface area contributed by atoms with Crippen LogP contribution in [0.5, 0.6) is 0 Å². The first-order valence-corrected chi connectivity index (χ1v) is 10.5. The van der Waals surface area contributed by atoms with Crippen LogP contribution in [0.15, 0.2) is 24.5 Å². The number of hydrogen-bond acceptors (Lipinski definition) is 5. The van der Waals surface area contributed by atoms with Gasteiger partial charge in [-0.1, -0.05) is 0 Å². The van der Waals surface area contributed by atoms with Crippen molar-refractivity contribution in [3.8, 4) is 0 Å². The second-order valence-corrected chi connectivity index (χ2v) is 9.34. The van der Waals surface area contributed by atoms with Crippen molar-refractivity contribution in [2.45, 2.75) is 51.7 Å². The van der Waals surface area contributed by atoms with Gasteiger partial charge in [-0.05, 0) is 58.1 Å². The first-order valence-electron chi connectivity index (χ1n) is 10.5. The van der Waals surface area contributed by atoms with Gasteiger partial charge in [0.15, 0.2) is 0 Å². The fraction of sp³-hybridized carbons (Fsp3) is 0.619. The van der Waals surface area contributed by atoms with E-state index in [1.165, 1.54) is 0 Å². The minimum atomic E-state index is -0.937. The largest absolute Gasteiger partial charge is 0.427 e. The maximum absolute atomic E-state index is 12.3. The number of piperazine rings is 1.